The molecule has 126 valence electrons. The van der Waals surface area contributed by atoms with Crippen LogP contribution >= 0.6 is 0 Å². The molecule has 0 aliphatic carbocycles. The first-order valence-electron chi connectivity index (χ1n) is 8.48. The minimum absolute atomic E-state index is 0.0987. The van der Waals surface area contributed by atoms with Crippen molar-refractivity contribution >= 4 is 5.91 Å². The number of carbonyl (C=O) groups is 1. The van der Waals surface area contributed by atoms with Crippen molar-refractivity contribution < 1.29 is 9.18 Å². The van der Waals surface area contributed by atoms with Gasteiger partial charge in [-0.1, -0.05) is 42.0 Å². The minimum atomic E-state index is -0.483. The van der Waals surface area contributed by atoms with Crippen LogP contribution in [-0.2, 0) is 0 Å². The van der Waals surface area contributed by atoms with E-state index in [-0.39, 0.29) is 17.5 Å². The van der Waals surface area contributed by atoms with Crippen LogP contribution in [0.1, 0.15) is 40.4 Å². The fourth-order valence-corrected chi connectivity index (χ4v) is 3.23. The van der Waals surface area contributed by atoms with Crippen LogP contribution in [0.5, 0.6) is 0 Å². The summed E-state index contributed by atoms with van der Waals surface area (Å²) in [5, 5.41) is 2.91. The number of nitrogens with zero attached hydrogens (tertiary/aromatic N) is 1. The number of halogens is 1. The number of rotatable bonds is 5. The molecule has 2 aromatic rings. The van der Waals surface area contributed by atoms with E-state index in [0.717, 1.165) is 13.1 Å². The van der Waals surface area contributed by atoms with Crippen molar-refractivity contribution in [3.05, 3.63) is 71.0 Å². The Morgan fingerprint density at radius 2 is 1.79 bits per heavy atom. The van der Waals surface area contributed by atoms with Gasteiger partial charge in [-0.05, 0) is 50.6 Å². The first-order chi connectivity index (χ1) is 11.6. The molecule has 0 spiro atoms. The van der Waals surface area contributed by atoms with Crippen molar-refractivity contribution in [3.63, 3.8) is 0 Å². The SMILES string of the molecule is Cc1ccc([C@@H](CNC(=O)c2ccccc2F)N2CCCC2)cc1. The highest BCUT2D eigenvalue weighted by molar-refractivity contribution is 5.94. The Morgan fingerprint density at radius 3 is 2.46 bits per heavy atom. The molecule has 0 bridgehead atoms. The second-order valence-corrected chi connectivity index (χ2v) is 6.36. The summed E-state index contributed by atoms with van der Waals surface area (Å²) in [6.07, 6.45) is 2.37. The molecule has 3 nitrogen and oxygen atoms in total. The van der Waals surface area contributed by atoms with E-state index in [4.69, 9.17) is 0 Å². The van der Waals surface area contributed by atoms with Crippen LogP contribution in [0.25, 0.3) is 0 Å². The number of amides is 1. The number of hydrogen-bond donors (Lipinski definition) is 1. The second-order valence-electron chi connectivity index (χ2n) is 6.36. The summed E-state index contributed by atoms with van der Waals surface area (Å²) in [5.74, 6) is -0.840. The molecular weight excluding hydrogens is 303 g/mol. The maximum Gasteiger partial charge on any atom is 0.254 e. The van der Waals surface area contributed by atoms with Crippen molar-refractivity contribution in [1.82, 2.24) is 10.2 Å². The molecule has 0 aromatic heterocycles. The van der Waals surface area contributed by atoms with Gasteiger partial charge < -0.3 is 5.32 Å². The van der Waals surface area contributed by atoms with Crippen LogP contribution in [0.2, 0.25) is 0 Å². The Bertz CT molecular complexity index is 693. The Labute approximate surface area is 142 Å². The van der Waals surface area contributed by atoms with Crippen LogP contribution in [0.4, 0.5) is 4.39 Å². The summed E-state index contributed by atoms with van der Waals surface area (Å²) in [4.78, 5) is 14.7. The van der Waals surface area contributed by atoms with Gasteiger partial charge in [0.05, 0.1) is 11.6 Å². The molecule has 1 fully saturated rings. The van der Waals surface area contributed by atoms with Gasteiger partial charge >= 0.3 is 0 Å². The lowest BCUT2D eigenvalue weighted by molar-refractivity contribution is 0.0934. The second kappa shape index (κ2) is 7.58. The van der Waals surface area contributed by atoms with Crippen LogP contribution < -0.4 is 5.32 Å². The number of likely N-dealkylation sites (tertiary alicyclic amines) is 1. The standard InChI is InChI=1S/C20H23FN2O/c1-15-8-10-16(11-9-15)19(23-12-4-5-13-23)14-22-20(24)17-6-2-3-7-18(17)21/h2-3,6-11,19H,4-5,12-14H2,1H3,(H,22,24)/t19-/m1/s1. The van der Waals surface area contributed by atoms with Gasteiger partial charge in [0.15, 0.2) is 0 Å². The van der Waals surface area contributed by atoms with Crippen molar-refractivity contribution in [3.8, 4) is 0 Å². The van der Waals surface area contributed by atoms with Crippen LogP contribution in [0.3, 0.4) is 0 Å². The van der Waals surface area contributed by atoms with Gasteiger partial charge in [0, 0.05) is 6.54 Å². The van der Waals surface area contributed by atoms with E-state index in [0.29, 0.717) is 6.54 Å². The lowest BCUT2D eigenvalue weighted by Crippen LogP contribution is -2.37. The Morgan fingerprint density at radius 1 is 1.12 bits per heavy atom. The van der Waals surface area contributed by atoms with Gasteiger partial charge in [-0.15, -0.1) is 0 Å². The van der Waals surface area contributed by atoms with E-state index in [1.807, 2.05) is 0 Å². The van der Waals surface area contributed by atoms with Crippen molar-refractivity contribution in [1.29, 1.82) is 0 Å². The Kier molecular flexibility index (Phi) is 5.26. The van der Waals surface area contributed by atoms with E-state index in [9.17, 15) is 9.18 Å². The average Bonchev–Trinajstić information content (AvgIpc) is 3.11. The van der Waals surface area contributed by atoms with Crippen LogP contribution in [-0.4, -0.2) is 30.4 Å². The molecule has 4 heteroatoms. The topological polar surface area (TPSA) is 32.3 Å². The fourth-order valence-electron chi connectivity index (χ4n) is 3.23. The number of carbonyl (C=O) groups excluding carboxylic acids is 1. The van der Waals surface area contributed by atoms with Crippen molar-refractivity contribution in [2.75, 3.05) is 19.6 Å². The van der Waals surface area contributed by atoms with Gasteiger partial charge in [-0.25, -0.2) is 4.39 Å². The molecule has 24 heavy (non-hydrogen) atoms. The van der Waals surface area contributed by atoms with Gasteiger partial charge in [0.1, 0.15) is 5.82 Å². The maximum atomic E-state index is 13.8. The zero-order chi connectivity index (χ0) is 16.9. The van der Waals surface area contributed by atoms with Gasteiger partial charge in [0.25, 0.3) is 5.91 Å². The molecule has 1 aliphatic heterocycles. The molecule has 1 heterocycles. The third kappa shape index (κ3) is 3.82. The number of hydrogen-bond acceptors (Lipinski definition) is 2. The molecule has 3 rings (SSSR count). The first kappa shape index (κ1) is 16.7. The molecule has 0 unspecified atom stereocenters. The molecule has 1 N–H and O–H groups in total. The fraction of sp³-hybridized carbons (Fsp3) is 0.350. The molecule has 1 aliphatic rings. The van der Waals surface area contributed by atoms with Crippen LogP contribution in [0.15, 0.2) is 48.5 Å². The van der Waals surface area contributed by atoms with Gasteiger partial charge in [0.2, 0.25) is 0 Å². The smallest absolute Gasteiger partial charge is 0.254 e. The molecule has 1 atom stereocenters. The predicted molar refractivity (Wildman–Crippen MR) is 93.5 cm³/mol. The molecule has 0 saturated carbocycles. The molecule has 1 saturated heterocycles. The zero-order valence-corrected chi connectivity index (χ0v) is 14.0. The highest BCUT2D eigenvalue weighted by Gasteiger charge is 2.24. The minimum Gasteiger partial charge on any atom is -0.350 e. The maximum absolute atomic E-state index is 13.8. The van der Waals surface area contributed by atoms with E-state index in [1.165, 1.54) is 36.1 Å². The average molecular weight is 326 g/mol. The lowest BCUT2D eigenvalue weighted by atomic mass is 10.0. The summed E-state index contributed by atoms with van der Waals surface area (Å²) in [6, 6.07) is 14.6. The van der Waals surface area contributed by atoms with E-state index in [1.54, 1.807) is 12.1 Å². The first-order valence-corrected chi connectivity index (χ1v) is 8.48. The lowest BCUT2D eigenvalue weighted by Gasteiger charge is -2.28. The Balaban J connectivity index is 1.73. The zero-order valence-electron chi connectivity index (χ0n) is 14.0. The predicted octanol–water partition coefficient (Wildman–Crippen LogP) is 3.70. The van der Waals surface area contributed by atoms with Gasteiger partial charge in [-0.3, -0.25) is 9.69 Å². The number of aryl methyl sites for hydroxylation is 1. The quantitative estimate of drug-likeness (QED) is 0.908. The number of nitrogens with one attached hydrogen (secondary N) is 1. The third-order valence-electron chi connectivity index (χ3n) is 4.62. The summed E-state index contributed by atoms with van der Waals surface area (Å²) in [7, 11) is 0. The normalized spacial score (nSPS) is 16.1. The summed E-state index contributed by atoms with van der Waals surface area (Å²) >= 11 is 0. The number of benzene rings is 2. The molecule has 2 aromatic carbocycles. The molecule has 1 amide bonds. The van der Waals surface area contributed by atoms with E-state index >= 15 is 0 Å². The Hall–Kier alpha value is -2.20. The summed E-state index contributed by atoms with van der Waals surface area (Å²) in [6.45, 7) is 4.62. The summed E-state index contributed by atoms with van der Waals surface area (Å²) in [5.41, 5.74) is 2.51. The summed E-state index contributed by atoms with van der Waals surface area (Å²) < 4.78 is 13.8. The molecule has 0 radical (unpaired) electrons. The molecular formula is C20H23FN2O. The highest BCUT2D eigenvalue weighted by Crippen LogP contribution is 2.25. The van der Waals surface area contributed by atoms with Crippen LogP contribution in [0, 0.1) is 12.7 Å². The van der Waals surface area contributed by atoms with Crippen molar-refractivity contribution in [2.24, 2.45) is 0 Å². The van der Waals surface area contributed by atoms with Gasteiger partial charge in [-0.2, -0.15) is 0 Å². The highest BCUT2D eigenvalue weighted by atomic mass is 19.1. The largest absolute Gasteiger partial charge is 0.350 e. The monoisotopic (exact) mass is 326 g/mol. The third-order valence-corrected chi connectivity index (χ3v) is 4.62. The van der Waals surface area contributed by atoms with E-state index < -0.39 is 5.82 Å². The van der Waals surface area contributed by atoms with E-state index in [2.05, 4.69) is 41.4 Å². The van der Waals surface area contributed by atoms with Crippen molar-refractivity contribution in [2.45, 2.75) is 25.8 Å².